The van der Waals surface area contributed by atoms with Gasteiger partial charge < -0.3 is 14.0 Å². The average molecular weight is 327 g/mol. The highest BCUT2D eigenvalue weighted by atomic mass is 32.2. The number of fused-ring (bicyclic) bond motifs is 1. The first-order chi connectivity index (χ1) is 10.2. The summed E-state index contributed by atoms with van der Waals surface area (Å²) in [5, 5.41) is 0. The molecule has 1 saturated heterocycles. The summed E-state index contributed by atoms with van der Waals surface area (Å²) in [5.74, 6) is 0. The van der Waals surface area contributed by atoms with Gasteiger partial charge in [-0.1, -0.05) is 18.3 Å². The third-order valence-corrected chi connectivity index (χ3v) is 5.73. The van der Waals surface area contributed by atoms with Crippen molar-refractivity contribution < 1.29 is 14.0 Å². The van der Waals surface area contributed by atoms with Gasteiger partial charge in [-0.3, -0.25) is 0 Å². The molecule has 0 radical (unpaired) electrons. The van der Waals surface area contributed by atoms with Crippen molar-refractivity contribution in [3.05, 3.63) is 5.69 Å². The molecule has 0 spiro atoms. The summed E-state index contributed by atoms with van der Waals surface area (Å²) >= 11 is 0.297. The Morgan fingerprint density at radius 3 is 2.76 bits per heavy atom. The van der Waals surface area contributed by atoms with Crippen molar-refractivity contribution >= 4 is 32.9 Å². The number of hydrogen-bond acceptors (Lipinski definition) is 7. The third kappa shape index (κ3) is 3.28. The predicted octanol–water partition coefficient (Wildman–Crippen LogP) is 1.94. The van der Waals surface area contributed by atoms with Crippen molar-refractivity contribution in [2.45, 2.75) is 36.6 Å². The Balaban J connectivity index is 1.92. The Bertz CT molecular complexity index is 626. The van der Waals surface area contributed by atoms with Gasteiger partial charge in [-0.2, -0.15) is 15.0 Å². The molecule has 3 rings (SSSR count). The molecule has 0 bridgehead atoms. The van der Waals surface area contributed by atoms with Gasteiger partial charge in [0, 0.05) is 24.0 Å². The fraction of sp³-hybridized carbons (Fsp3) is 0.615. The first-order valence-electron chi connectivity index (χ1n) is 6.92. The zero-order valence-electron chi connectivity index (χ0n) is 12.0. The van der Waals surface area contributed by atoms with Crippen molar-refractivity contribution in [1.82, 2.24) is 15.0 Å². The van der Waals surface area contributed by atoms with Gasteiger partial charge in [0.2, 0.25) is 0 Å². The fourth-order valence-electron chi connectivity index (χ4n) is 2.20. The minimum Gasteiger partial charge on any atom is -0.610 e. The summed E-state index contributed by atoms with van der Waals surface area (Å²) in [6, 6.07) is 0.366. The molecule has 6 nitrogen and oxygen atoms in total. The first kappa shape index (κ1) is 15.0. The van der Waals surface area contributed by atoms with Gasteiger partial charge in [0.1, 0.15) is 17.1 Å². The van der Waals surface area contributed by atoms with Crippen LogP contribution in [0.2, 0.25) is 0 Å². The largest absolute Gasteiger partial charge is 0.610 e. The van der Waals surface area contributed by atoms with Gasteiger partial charge >= 0.3 is 10.4 Å². The van der Waals surface area contributed by atoms with Gasteiger partial charge in [-0.05, 0) is 6.42 Å². The highest BCUT2D eigenvalue weighted by Crippen LogP contribution is 2.28. The Morgan fingerprint density at radius 1 is 1.33 bits per heavy atom. The summed E-state index contributed by atoms with van der Waals surface area (Å²) in [6.07, 6.45) is 4.19. The van der Waals surface area contributed by atoms with E-state index in [1.807, 2.05) is 6.92 Å². The van der Waals surface area contributed by atoms with E-state index < -0.39 is 11.2 Å². The maximum atomic E-state index is 11.6. The lowest BCUT2D eigenvalue weighted by molar-refractivity contribution is 0.0218. The molecule has 114 valence electrons. The molecule has 0 aliphatic carbocycles. The van der Waals surface area contributed by atoms with Crippen LogP contribution >= 0.6 is 11.3 Å². The molecule has 2 aromatic rings. The van der Waals surface area contributed by atoms with E-state index in [-0.39, 0.29) is 6.10 Å². The Labute approximate surface area is 130 Å². The van der Waals surface area contributed by atoms with Crippen molar-refractivity contribution in [3.63, 3.8) is 0 Å². The van der Waals surface area contributed by atoms with Crippen LogP contribution in [0.25, 0.3) is 10.3 Å². The van der Waals surface area contributed by atoms with Crippen LogP contribution in [0.15, 0.2) is 4.34 Å². The smallest absolute Gasteiger partial charge is 0.319 e. The molecule has 1 aliphatic rings. The number of aryl methyl sites for hydroxylation is 1. The van der Waals surface area contributed by atoms with Gasteiger partial charge in [-0.15, -0.1) is 0 Å². The van der Waals surface area contributed by atoms with E-state index in [0.29, 0.717) is 29.2 Å². The van der Waals surface area contributed by atoms with Crippen LogP contribution in [0, 0.1) is 0 Å². The number of ether oxygens (including phenoxy) is 2. The standard InChI is InChI=1S/C13H17N3O3S2/c1-3-9-10-11(16-13(20-10)21(2)17)15-12(14-9)19-8-4-6-18-7-5-8/h8H,3-7H2,1-2H3. The SMILES string of the molecule is CCc1nc(OC2CCOCC2)nc2nc([S+](C)[O-])sc12. The molecule has 21 heavy (non-hydrogen) atoms. The van der Waals surface area contributed by atoms with Crippen molar-refractivity contribution in [3.8, 4) is 6.01 Å². The van der Waals surface area contributed by atoms with E-state index in [0.717, 1.165) is 29.7 Å². The van der Waals surface area contributed by atoms with Gasteiger partial charge in [0.25, 0.3) is 0 Å². The monoisotopic (exact) mass is 327 g/mol. The molecule has 8 heteroatoms. The van der Waals surface area contributed by atoms with Crippen LogP contribution in [0.5, 0.6) is 6.01 Å². The van der Waals surface area contributed by atoms with Crippen LogP contribution < -0.4 is 4.74 Å². The van der Waals surface area contributed by atoms with Gasteiger partial charge in [0.15, 0.2) is 5.65 Å². The number of aromatic nitrogens is 3. The molecular weight excluding hydrogens is 310 g/mol. The number of nitrogens with zero attached hydrogens (tertiary/aromatic N) is 3. The normalized spacial score (nSPS) is 18.0. The molecule has 0 amide bonds. The minimum absolute atomic E-state index is 0.0966. The van der Waals surface area contributed by atoms with E-state index in [1.54, 1.807) is 6.26 Å². The lowest BCUT2D eigenvalue weighted by Gasteiger charge is -2.22. The summed E-state index contributed by atoms with van der Waals surface area (Å²) in [4.78, 5) is 13.2. The zero-order chi connectivity index (χ0) is 14.8. The Morgan fingerprint density at radius 2 is 2.10 bits per heavy atom. The maximum Gasteiger partial charge on any atom is 0.319 e. The van der Waals surface area contributed by atoms with Crippen LogP contribution in [-0.2, 0) is 22.3 Å². The quantitative estimate of drug-likeness (QED) is 0.799. The van der Waals surface area contributed by atoms with E-state index in [9.17, 15) is 4.55 Å². The molecule has 0 saturated carbocycles. The van der Waals surface area contributed by atoms with Crippen LogP contribution in [0.1, 0.15) is 25.5 Å². The molecule has 1 unspecified atom stereocenters. The Hall–Kier alpha value is -0.960. The van der Waals surface area contributed by atoms with E-state index >= 15 is 0 Å². The summed E-state index contributed by atoms with van der Waals surface area (Å²) in [6.45, 7) is 3.45. The lowest BCUT2D eigenvalue weighted by atomic mass is 10.2. The predicted molar refractivity (Wildman–Crippen MR) is 81.4 cm³/mol. The van der Waals surface area contributed by atoms with E-state index in [2.05, 4.69) is 15.0 Å². The molecule has 2 aromatic heterocycles. The molecule has 1 aliphatic heterocycles. The maximum absolute atomic E-state index is 11.6. The number of rotatable bonds is 4. The second-order valence-corrected chi connectivity index (χ2v) is 7.38. The second-order valence-electron chi connectivity index (χ2n) is 4.82. The molecular formula is C13H17N3O3S2. The highest BCUT2D eigenvalue weighted by molar-refractivity contribution is 7.92. The highest BCUT2D eigenvalue weighted by Gasteiger charge is 2.21. The van der Waals surface area contributed by atoms with Gasteiger partial charge in [0.05, 0.1) is 18.9 Å². The zero-order valence-corrected chi connectivity index (χ0v) is 13.6. The van der Waals surface area contributed by atoms with E-state index in [1.165, 1.54) is 11.3 Å². The van der Waals surface area contributed by atoms with Crippen molar-refractivity contribution in [2.24, 2.45) is 0 Å². The van der Waals surface area contributed by atoms with Crippen LogP contribution in [-0.4, -0.2) is 45.1 Å². The topological polar surface area (TPSA) is 80.2 Å². The van der Waals surface area contributed by atoms with Crippen molar-refractivity contribution in [2.75, 3.05) is 19.5 Å². The average Bonchev–Trinajstić information content (AvgIpc) is 2.91. The first-order valence-corrected chi connectivity index (χ1v) is 9.30. The third-order valence-electron chi connectivity index (χ3n) is 3.31. The number of hydrogen-bond donors (Lipinski definition) is 0. The lowest BCUT2D eigenvalue weighted by Crippen LogP contribution is -2.26. The summed E-state index contributed by atoms with van der Waals surface area (Å²) in [5.41, 5.74) is 1.48. The van der Waals surface area contributed by atoms with Crippen LogP contribution in [0.3, 0.4) is 0 Å². The molecule has 1 atom stereocenters. The minimum atomic E-state index is -1.10. The molecule has 1 fully saturated rings. The fourth-order valence-corrected chi connectivity index (χ4v) is 3.93. The number of thiazole rings is 1. The summed E-state index contributed by atoms with van der Waals surface area (Å²) < 4.78 is 24.2. The molecule has 0 N–H and O–H groups in total. The molecule has 3 heterocycles. The van der Waals surface area contributed by atoms with Crippen molar-refractivity contribution in [1.29, 1.82) is 0 Å². The Kier molecular flexibility index (Phi) is 4.58. The van der Waals surface area contributed by atoms with E-state index in [4.69, 9.17) is 9.47 Å². The van der Waals surface area contributed by atoms with Crippen LogP contribution in [0.4, 0.5) is 0 Å². The second kappa shape index (κ2) is 6.43. The van der Waals surface area contributed by atoms with Gasteiger partial charge in [-0.25, -0.2) is 0 Å². The molecule has 0 aromatic carbocycles. The summed E-state index contributed by atoms with van der Waals surface area (Å²) in [7, 11) is 0.